The molecule has 2 aromatic heterocycles. The maximum Gasteiger partial charge on any atom is 0.148 e. The minimum atomic E-state index is -2.95. The predicted octanol–water partition coefficient (Wildman–Crippen LogP) is 14.1. The molecule has 0 aliphatic heterocycles. The van der Waals surface area contributed by atoms with E-state index in [9.17, 15) is 6.48 Å². The average Bonchev–Trinajstić information content (AvgIpc) is 3.66. The van der Waals surface area contributed by atoms with Crippen LogP contribution in [0.15, 0.2) is 127 Å². The van der Waals surface area contributed by atoms with E-state index in [2.05, 4.69) is 31.8 Å². The normalized spacial score (nSPS) is 15.2. The summed E-state index contributed by atoms with van der Waals surface area (Å²) < 4.78 is 104. The van der Waals surface area contributed by atoms with Crippen LogP contribution in [0.4, 0.5) is 0 Å². The molecule has 0 atom stereocenters. The van der Waals surface area contributed by atoms with Gasteiger partial charge in [0.2, 0.25) is 0 Å². The summed E-state index contributed by atoms with van der Waals surface area (Å²) in [5.41, 5.74) is 6.72. The summed E-state index contributed by atoms with van der Waals surface area (Å²) in [6, 6.07) is 26.1. The topological polar surface area (TPSA) is 50.9 Å². The number of fused-ring (bicyclic) bond motifs is 1. The zero-order valence-corrected chi connectivity index (χ0v) is 36.5. The van der Waals surface area contributed by atoms with E-state index >= 15 is 0 Å². The van der Waals surface area contributed by atoms with Crippen molar-refractivity contribution in [2.75, 3.05) is 0 Å². The molecule has 0 radical (unpaired) electrons. The average molecular weight is 966 g/mol. The van der Waals surface area contributed by atoms with E-state index in [0.29, 0.717) is 55.9 Å². The molecule has 0 fully saturated rings. The molecule has 300 valence electrons. The van der Waals surface area contributed by atoms with Crippen molar-refractivity contribution >= 4 is 11.0 Å². The number of phenols is 1. The molecule has 0 aliphatic rings. The monoisotopic (exact) mass is 965 g/mol. The van der Waals surface area contributed by atoms with Gasteiger partial charge in [-0.05, 0) is 102 Å². The summed E-state index contributed by atoms with van der Waals surface area (Å²) in [6.07, 6.45) is 1.17. The van der Waals surface area contributed by atoms with Crippen LogP contribution < -0.4 is 0 Å². The van der Waals surface area contributed by atoms with Crippen LogP contribution in [0.2, 0.25) is 0 Å². The molecule has 0 bridgehead atoms. The number of benzene rings is 6. The van der Waals surface area contributed by atoms with Gasteiger partial charge in [-0.2, -0.15) is 0 Å². The van der Waals surface area contributed by atoms with Gasteiger partial charge < -0.3 is 5.11 Å². The number of aryl methyl sites for hydroxylation is 3. The van der Waals surface area contributed by atoms with Crippen LogP contribution in [-0.2, 0) is 31.9 Å². The quantitative estimate of drug-likeness (QED) is 0.169. The molecule has 8 rings (SSSR count). The zero-order valence-electron chi connectivity index (χ0n) is 46.3. The Kier molecular flexibility index (Phi) is 7.75. The third kappa shape index (κ3) is 8.21. The third-order valence-corrected chi connectivity index (χ3v) is 10.5. The first-order valence-corrected chi connectivity index (χ1v) is 19.2. The third-order valence-electron chi connectivity index (χ3n) is 10.5. The Morgan fingerprint density at radius 1 is 0.661 bits per heavy atom. The molecular weight excluding hydrogens is 902 g/mol. The van der Waals surface area contributed by atoms with Gasteiger partial charge in [0, 0.05) is 46.7 Å². The smallest absolute Gasteiger partial charge is 0.148 e. The molecule has 4 nitrogen and oxygen atoms in total. The molecule has 5 heteroatoms. The molecule has 0 unspecified atom stereocenters. The van der Waals surface area contributed by atoms with Crippen LogP contribution >= 0.6 is 0 Å². The molecule has 0 spiro atoms. The molecular formula is C54H52N3OPt-. The fourth-order valence-corrected chi connectivity index (χ4v) is 7.32. The maximum atomic E-state index is 11.8. The molecule has 8 aromatic rings. The van der Waals surface area contributed by atoms with Crippen LogP contribution in [0.3, 0.4) is 0 Å². The number of hydrogen-bond donors (Lipinski definition) is 1. The molecule has 2 heterocycles. The van der Waals surface area contributed by atoms with E-state index < -0.39 is 48.9 Å². The van der Waals surface area contributed by atoms with E-state index in [4.69, 9.17) is 20.1 Å². The number of hydrogen-bond acceptors (Lipinski definition) is 3. The SMILES string of the molecule is [2H]c1cnc(-c2[c-]c(-c3cccc4c3nc(-c3cc(C)cc(C)c3O)n4-c3ccc(C([2H])([2H])[2H])cc3-c3ccc(C(C)(C)C)cc3)cc(C(C)(C)C)c2)c([2H])c1-c1c([2H])c([2H])c(C([2H])([2H])[2H])c([2H])c1[2H].[Pt]. The first-order valence-electron chi connectivity index (χ1n) is 25.2. The van der Waals surface area contributed by atoms with Crippen molar-refractivity contribution in [1.29, 1.82) is 0 Å². The number of aromatic nitrogens is 3. The van der Waals surface area contributed by atoms with E-state index in [1.807, 2.05) is 106 Å². The number of imidazole rings is 1. The predicted molar refractivity (Wildman–Crippen MR) is 243 cm³/mol. The minimum absolute atomic E-state index is 0. The van der Waals surface area contributed by atoms with Gasteiger partial charge in [0.05, 0.1) is 30.5 Å². The Bertz CT molecular complexity index is 3390. The van der Waals surface area contributed by atoms with Crippen LogP contribution in [0, 0.1) is 33.6 Å². The second-order valence-electron chi connectivity index (χ2n) is 16.9. The zero-order chi connectivity index (χ0) is 51.3. The Morgan fingerprint density at radius 2 is 1.36 bits per heavy atom. The Hall–Kier alpha value is -5.57. The van der Waals surface area contributed by atoms with E-state index in [1.54, 1.807) is 18.2 Å². The number of nitrogens with zero attached hydrogens (tertiary/aromatic N) is 3. The number of pyridine rings is 1. The maximum absolute atomic E-state index is 11.8. The van der Waals surface area contributed by atoms with Crippen molar-refractivity contribution in [2.45, 2.75) is 79.9 Å². The van der Waals surface area contributed by atoms with E-state index in [1.165, 1.54) is 6.20 Å². The van der Waals surface area contributed by atoms with Crippen molar-refractivity contribution in [1.82, 2.24) is 14.5 Å². The number of aromatic hydroxyl groups is 1. The minimum Gasteiger partial charge on any atom is -0.507 e. The Labute approximate surface area is 381 Å². The molecule has 0 amide bonds. The van der Waals surface area contributed by atoms with Crippen molar-refractivity contribution < 1.29 is 42.6 Å². The van der Waals surface area contributed by atoms with Gasteiger partial charge in [-0.25, -0.2) is 4.98 Å². The summed E-state index contributed by atoms with van der Waals surface area (Å²) in [7, 11) is 0. The second kappa shape index (κ2) is 15.9. The summed E-state index contributed by atoms with van der Waals surface area (Å²) in [5, 5.41) is 11.8. The van der Waals surface area contributed by atoms with Crippen LogP contribution in [0.1, 0.15) is 91.4 Å². The molecule has 0 aliphatic carbocycles. The van der Waals surface area contributed by atoms with Gasteiger partial charge in [0.1, 0.15) is 11.6 Å². The van der Waals surface area contributed by atoms with Crippen molar-refractivity contribution in [2.24, 2.45) is 0 Å². The van der Waals surface area contributed by atoms with E-state index in [0.717, 1.165) is 22.3 Å². The van der Waals surface area contributed by atoms with Gasteiger partial charge in [-0.3, -0.25) is 9.55 Å². The van der Waals surface area contributed by atoms with Gasteiger partial charge >= 0.3 is 0 Å². The van der Waals surface area contributed by atoms with Crippen molar-refractivity contribution in [3.63, 3.8) is 0 Å². The van der Waals surface area contributed by atoms with Crippen LogP contribution in [-0.4, -0.2) is 19.6 Å². The van der Waals surface area contributed by atoms with Crippen LogP contribution in [0.25, 0.3) is 72.7 Å². The fraction of sp³-hybridized carbons (Fsp3) is 0.222. The molecule has 6 aromatic carbocycles. The standard InChI is InChI=1S/C54H52N3O.Pt/c1-33-14-17-37(18-15-33)39-24-25-55-47(32-39)41-29-40(30-43(31-41)54(8,9)10)44-12-11-13-49-50(44)56-52(46-28-35(3)26-36(4)51(46)58)57(49)48-23-16-34(2)27-45(48)38-19-21-42(22-20-38)53(5,6)7;/h11-28,30-32,58H,1-10H3;/q-1;/i1D3,2D3,14D,15D,17D,18D,24D,32D;. The fourth-order valence-electron chi connectivity index (χ4n) is 7.32. The molecule has 0 saturated heterocycles. The van der Waals surface area contributed by atoms with Crippen molar-refractivity contribution in [3.8, 4) is 67.5 Å². The Balaban J connectivity index is 0.00000741. The summed E-state index contributed by atoms with van der Waals surface area (Å²) in [5.74, 6) is 0.420. The number of para-hydroxylation sites is 1. The largest absolute Gasteiger partial charge is 0.507 e. The number of rotatable bonds is 6. The summed E-state index contributed by atoms with van der Waals surface area (Å²) in [4.78, 5) is 9.87. The molecule has 1 N–H and O–H groups in total. The molecule has 59 heavy (non-hydrogen) atoms. The van der Waals surface area contributed by atoms with E-state index in [-0.39, 0.29) is 66.7 Å². The van der Waals surface area contributed by atoms with Gasteiger partial charge in [0.25, 0.3) is 0 Å². The Morgan fingerprint density at radius 3 is 2.05 bits per heavy atom. The van der Waals surface area contributed by atoms with Gasteiger partial charge in [-0.15, -0.1) is 29.3 Å². The number of phenolic OH excluding ortho intramolecular Hbond substituents is 1. The summed E-state index contributed by atoms with van der Waals surface area (Å²) >= 11 is 0. The van der Waals surface area contributed by atoms with Crippen molar-refractivity contribution in [3.05, 3.63) is 167 Å². The first kappa shape index (κ1) is 28.8. The molecule has 0 saturated carbocycles. The second-order valence-corrected chi connectivity index (χ2v) is 16.9. The van der Waals surface area contributed by atoms with Crippen LogP contribution in [0.5, 0.6) is 5.75 Å². The summed E-state index contributed by atoms with van der Waals surface area (Å²) in [6.45, 7) is 10.8. The van der Waals surface area contributed by atoms with Gasteiger partial charge in [0.15, 0.2) is 0 Å². The first-order chi connectivity index (χ1) is 32.5. The van der Waals surface area contributed by atoms with Gasteiger partial charge in [-0.1, -0.05) is 143 Å².